The first kappa shape index (κ1) is 29.6. The molecule has 0 bridgehead atoms. The van der Waals surface area contributed by atoms with Crippen molar-refractivity contribution in [1.82, 2.24) is 21.3 Å². The van der Waals surface area contributed by atoms with E-state index < -0.39 is 41.4 Å². The number of hydrogen-bond donors (Lipinski definition) is 7. The van der Waals surface area contributed by atoms with Gasteiger partial charge in [0.1, 0.15) is 18.1 Å². The minimum Gasteiger partial charge on any atom is -0.370 e. The van der Waals surface area contributed by atoms with Gasteiger partial charge in [-0.1, -0.05) is 37.3 Å². The molecule has 204 valence electrons. The van der Waals surface area contributed by atoms with Crippen LogP contribution in [0.25, 0.3) is 0 Å². The molecule has 12 heteroatoms. The summed E-state index contributed by atoms with van der Waals surface area (Å²) in [5.74, 6) is -1.96. The molecule has 1 heterocycles. The number of guanidine groups is 1. The van der Waals surface area contributed by atoms with Crippen LogP contribution in [0.4, 0.5) is 0 Å². The maximum absolute atomic E-state index is 13.2. The average Bonchev–Trinajstić information content (AvgIpc) is 2.86. The molecule has 1 aromatic rings. The summed E-state index contributed by atoms with van der Waals surface area (Å²) in [4.78, 5) is 56.3. The maximum atomic E-state index is 13.2. The van der Waals surface area contributed by atoms with E-state index in [-0.39, 0.29) is 31.3 Å². The molecule has 4 atom stereocenters. The van der Waals surface area contributed by atoms with E-state index in [0.29, 0.717) is 37.8 Å². The van der Waals surface area contributed by atoms with Crippen LogP contribution in [0.15, 0.2) is 35.3 Å². The van der Waals surface area contributed by atoms with Crippen molar-refractivity contribution < 1.29 is 19.2 Å². The molecule has 0 aromatic heterocycles. The van der Waals surface area contributed by atoms with Gasteiger partial charge in [0.05, 0.1) is 5.54 Å². The summed E-state index contributed by atoms with van der Waals surface area (Å²) in [6, 6.07) is 6.08. The number of nitrogens with two attached hydrogens (primary N) is 3. The Morgan fingerprint density at radius 1 is 0.973 bits per heavy atom. The lowest BCUT2D eigenvalue weighted by atomic mass is 9.94. The Kier molecular flexibility index (Phi) is 11.3. The number of amides is 4. The summed E-state index contributed by atoms with van der Waals surface area (Å²) in [6.07, 6.45) is 2.43. The molecule has 4 unspecified atom stereocenters. The highest BCUT2D eigenvalue weighted by Crippen LogP contribution is 2.16. The van der Waals surface area contributed by atoms with E-state index >= 15 is 0 Å². The van der Waals surface area contributed by atoms with Crippen LogP contribution in [0, 0.1) is 0 Å². The van der Waals surface area contributed by atoms with E-state index in [1.54, 1.807) is 38.1 Å². The molecule has 0 spiro atoms. The van der Waals surface area contributed by atoms with Crippen molar-refractivity contribution in [2.75, 3.05) is 13.1 Å². The smallest absolute Gasteiger partial charge is 0.247 e. The largest absolute Gasteiger partial charge is 0.370 e. The minimum atomic E-state index is -1.23. The lowest BCUT2D eigenvalue weighted by Crippen LogP contribution is -2.59. The van der Waals surface area contributed by atoms with Crippen molar-refractivity contribution >= 4 is 29.6 Å². The SMILES string of the molecule is CCC1NC(=O)C(CCCN=C(N)N)NC(=O)C(C)(N)CCCCNC(=O)C(c2ccccc2)NC1=O. The summed E-state index contributed by atoms with van der Waals surface area (Å²) < 4.78 is 0. The predicted octanol–water partition coefficient (Wildman–Crippen LogP) is -0.705. The highest BCUT2D eigenvalue weighted by atomic mass is 16.2. The molecule has 0 radical (unpaired) electrons. The van der Waals surface area contributed by atoms with Gasteiger partial charge < -0.3 is 38.5 Å². The standard InChI is InChI=1S/C25H40N8O4/c1-3-17-20(34)33-19(16-10-5-4-6-11-16)22(36)29-14-8-7-13-25(2,28)23(37)32-18(21(35)31-17)12-9-15-30-24(26)27/h4-6,10-11,17-19H,3,7-9,12-15,28H2,1-2H3,(H,29,36)(H,31,35)(H,32,37)(H,33,34)(H4,26,27,30). The number of rotatable bonds is 6. The summed E-state index contributed by atoms with van der Waals surface area (Å²) >= 11 is 0. The third-order valence-electron chi connectivity index (χ3n) is 6.23. The summed E-state index contributed by atoms with van der Waals surface area (Å²) in [6.45, 7) is 3.97. The number of hydrogen-bond acceptors (Lipinski definition) is 6. The molecule has 37 heavy (non-hydrogen) atoms. The number of carbonyl (C=O) groups excluding carboxylic acids is 4. The first-order valence-electron chi connectivity index (χ1n) is 12.6. The second kappa shape index (κ2) is 14.2. The highest BCUT2D eigenvalue weighted by Gasteiger charge is 2.33. The molecular formula is C25H40N8O4. The summed E-state index contributed by atoms with van der Waals surface area (Å²) in [7, 11) is 0. The van der Waals surface area contributed by atoms with Crippen LogP contribution in [0.3, 0.4) is 0 Å². The van der Waals surface area contributed by atoms with Gasteiger partial charge in [-0.2, -0.15) is 0 Å². The van der Waals surface area contributed by atoms with Gasteiger partial charge in [-0.3, -0.25) is 24.2 Å². The molecule has 1 saturated heterocycles. The zero-order chi connectivity index (χ0) is 27.4. The quantitative estimate of drug-likeness (QED) is 0.147. The van der Waals surface area contributed by atoms with E-state index in [9.17, 15) is 19.2 Å². The molecule has 1 aliphatic rings. The average molecular weight is 517 g/mol. The first-order chi connectivity index (χ1) is 17.5. The Bertz CT molecular complexity index is 963. The predicted molar refractivity (Wildman–Crippen MR) is 141 cm³/mol. The van der Waals surface area contributed by atoms with E-state index in [0.717, 1.165) is 0 Å². The molecule has 4 amide bonds. The lowest BCUT2D eigenvalue weighted by molar-refractivity contribution is -0.135. The van der Waals surface area contributed by atoms with Crippen LogP contribution in [0.2, 0.25) is 0 Å². The first-order valence-corrected chi connectivity index (χ1v) is 12.6. The number of nitrogens with zero attached hydrogens (tertiary/aromatic N) is 1. The van der Waals surface area contributed by atoms with Crippen LogP contribution in [-0.4, -0.2) is 60.3 Å². The Labute approximate surface area is 217 Å². The number of nitrogens with one attached hydrogen (secondary N) is 4. The van der Waals surface area contributed by atoms with Gasteiger partial charge in [-0.15, -0.1) is 0 Å². The van der Waals surface area contributed by atoms with Gasteiger partial charge in [-0.25, -0.2) is 0 Å². The molecule has 10 N–H and O–H groups in total. The van der Waals surface area contributed by atoms with E-state index in [1.807, 2.05) is 6.07 Å². The second-order valence-corrected chi connectivity index (χ2v) is 9.46. The molecule has 1 fully saturated rings. The molecule has 1 aliphatic heterocycles. The fourth-order valence-electron chi connectivity index (χ4n) is 3.95. The Hall–Kier alpha value is -3.67. The molecule has 2 rings (SSSR count). The third-order valence-corrected chi connectivity index (χ3v) is 6.23. The van der Waals surface area contributed by atoms with Crippen molar-refractivity contribution in [1.29, 1.82) is 0 Å². The van der Waals surface area contributed by atoms with Crippen molar-refractivity contribution in [2.45, 2.75) is 76.0 Å². The lowest BCUT2D eigenvalue weighted by Gasteiger charge is -2.29. The van der Waals surface area contributed by atoms with E-state index in [2.05, 4.69) is 26.3 Å². The van der Waals surface area contributed by atoms with Crippen molar-refractivity contribution in [3.05, 3.63) is 35.9 Å². The zero-order valence-corrected chi connectivity index (χ0v) is 21.6. The summed E-state index contributed by atoms with van der Waals surface area (Å²) in [5, 5.41) is 11.1. The van der Waals surface area contributed by atoms with Gasteiger partial charge in [0.2, 0.25) is 23.6 Å². The fourth-order valence-corrected chi connectivity index (χ4v) is 3.95. The number of benzene rings is 1. The number of carbonyl (C=O) groups is 4. The van der Waals surface area contributed by atoms with Crippen LogP contribution >= 0.6 is 0 Å². The highest BCUT2D eigenvalue weighted by molar-refractivity contribution is 5.95. The Balaban J connectivity index is 2.30. The summed E-state index contributed by atoms with van der Waals surface area (Å²) in [5.41, 5.74) is 16.4. The number of aliphatic imine (C=N–C) groups is 1. The fraction of sp³-hybridized carbons (Fsp3) is 0.560. The monoisotopic (exact) mass is 516 g/mol. The van der Waals surface area contributed by atoms with Gasteiger partial charge >= 0.3 is 0 Å². The molecule has 12 nitrogen and oxygen atoms in total. The van der Waals surface area contributed by atoms with Gasteiger partial charge in [0.15, 0.2) is 5.96 Å². The van der Waals surface area contributed by atoms with Crippen LogP contribution in [-0.2, 0) is 19.2 Å². The zero-order valence-electron chi connectivity index (χ0n) is 21.6. The van der Waals surface area contributed by atoms with E-state index in [4.69, 9.17) is 17.2 Å². The molecule has 0 aliphatic carbocycles. The van der Waals surface area contributed by atoms with Crippen LogP contribution < -0.4 is 38.5 Å². The third kappa shape index (κ3) is 9.37. The van der Waals surface area contributed by atoms with Crippen molar-refractivity contribution in [2.24, 2.45) is 22.2 Å². The Morgan fingerprint density at radius 2 is 1.65 bits per heavy atom. The van der Waals surface area contributed by atoms with Gasteiger partial charge in [0.25, 0.3) is 0 Å². The topological polar surface area (TPSA) is 207 Å². The molecule has 0 saturated carbocycles. The molecule has 1 aromatic carbocycles. The second-order valence-electron chi connectivity index (χ2n) is 9.46. The van der Waals surface area contributed by atoms with Crippen molar-refractivity contribution in [3.8, 4) is 0 Å². The molecular weight excluding hydrogens is 476 g/mol. The van der Waals surface area contributed by atoms with Gasteiger partial charge in [-0.05, 0) is 51.0 Å². The normalized spacial score (nSPS) is 26.3. The maximum Gasteiger partial charge on any atom is 0.247 e. The minimum absolute atomic E-state index is 0.0688. The van der Waals surface area contributed by atoms with Gasteiger partial charge in [0, 0.05) is 13.1 Å². The van der Waals surface area contributed by atoms with E-state index in [1.165, 1.54) is 0 Å². The Morgan fingerprint density at radius 3 is 2.30 bits per heavy atom. The van der Waals surface area contributed by atoms with Crippen LogP contribution in [0.5, 0.6) is 0 Å². The van der Waals surface area contributed by atoms with Crippen LogP contribution in [0.1, 0.15) is 64.0 Å². The van der Waals surface area contributed by atoms with Crippen molar-refractivity contribution in [3.63, 3.8) is 0 Å².